The molecule has 3 rings (SSSR count). The average Bonchev–Trinajstić information content (AvgIpc) is 2.87. The van der Waals surface area contributed by atoms with Crippen LogP contribution in [-0.4, -0.2) is 70.4 Å². The lowest BCUT2D eigenvalue weighted by atomic mass is 10.1. The van der Waals surface area contributed by atoms with E-state index in [9.17, 15) is 39.2 Å². The molecule has 0 N–H and O–H groups in total. The fourth-order valence-corrected chi connectivity index (χ4v) is 7.26. The molecule has 2 aromatic rings. The molecule has 0 amide bonds. The minimum Gasteiger partial charge on any atom is -0.486 e. The fourth-order valence-electron chi connectivity index (χ4n) is 4.15. The first-order valence-electron chi connectivity index (χ1n) is 12.8. The van der Waals surface area contributed by atoms with Crippen molar-refractivity contribution in [3.8, 4) is 5.75 Å². The number of nitrogens with zero attached hydrogens (tertiary/aromatic N) is 2. The highest BCUT2D eigenvalue weighted by molar-refractivity contribution is 7.92. The number of rotatable bonds is 11. The van der Waals surface area contributed by atoms with Gasteiger partial charge in [0.05, 0.1) is 29.3 Å². The number of ether oxygens (including phenoxy) is 2. The van der Waals surface area contributed by atoms with E-state index < -0.39 is 56.1 Å². The van der Waals surface area contributed by atoms with Gasteiger partial charge in [0, 0.05) is 19.5 Å². The molecule has 0 spiro atoms. The van der Waals surface area contributed by atoms with Crippen LogP contribution < -0.4 is 9.04 Å². The van der Waals surface area contributed by atoms with Crippen LogP contribution in [0.3, 0.4) is 0 Å². The van der Waals surface area contributed by atoms with Crippen LogP contribution in [0.5, 0.6) is 5.75 Å². The van der Waals surface area contributed by atoms with Gasteiger partial charge in [0.15, 0.2) is 0 Å². The molecule has 0 aromatic heterocycles. The lowest BCUT2D eigenvalue weighted by molar-refractivity contribution is -0.257. The van der Waals surface area contributed by atoms with Gasteiger partial charge in [-0.2, -0.15) is 13.2 Å². The molecule has 0 saturated carbocycles. The van der Waals surface area contributed by atoms with Gasteiger partial charge < -0.3 is 9.47 Å². The molecule has 1 aliphatic rings. The molecule has 0 aliphatic carbocycles. The third kappa shape index (κ3) is 7.49. The highest BCUT2D eigenvalue weighted by Gasteiger charge is 2.50. The van der Waals surface area contributed by atoms with E-state index >= 15 is 0 Å². The third-order valence-electron chi connectivity index (χ3n) is 6.55. The van der Waals surface area contributed by atoms with E-state index in [1.54, 1.807) is 13.8 Å². The summed E-state index contributed by atoms with van der Waals surface area (Å²) in [7, 11) is -7.98. The molecule has 0 radical (unpaired) electrons. The summed E-state index contributed by atoms with van der Waals surface area (Å²) in [6.45, 7) is 5.04. The topological polar surface area (TPSA) is 110 Å². The number of carbonyl (C=O) groups excluding carboxylic acids is 1. The van der Waals surface area contributed by atoms with Gasteiger partial charge in [-0.1, -0.05) is 19.9 Å². The standard InChI is InChI=1S/C26H32F4N2O7S2/c1-5-31(6-2)40(34,35)14-13-20-17-32(41(36,37)21-10-8-19(27)9-11-21)22-15-18(7-12-23(22)38-20)16-24(33)39-25(3,4)26(28,29)30/h7-12,15,20H,5-6,13-14,16-17H2,1-4H3/t20-/m0/s1. The number of benzene rings is 2. The molecule has 0 bridgehead atoms. The second kappa shape index (κ2) is 12.1. The Balaban J connectivity index is 1.95. The summed E-state index contributed by atoms with van der Waals surface area (Å²) in [4.78, 5) is 12.1. The van der Waals surface area contributed by atoms with Crippen LogP contribution in [0.4, 0.5) is 23.2 Å². The Bertz CT molecular complexity index is 1460. The van der Waals surface area contributed by atoms with Gasteiger partial charge in [-0.15, -0.1) is 0 Å². The normalized spacial score (nSPS) is 16.3. The summed E-state index contributed by atoms with van der Waals surface area (Å²) < 4.78 is 118. The van der Waals surface area contributed by atoms with Gasteiger partial charge in [0.2, 0.25) is 15.6 Å². The number of esters is 1. The van der Waals surface area contributed by atoms with Crippen molar-refractivity contribution in [1.82, 2.24) is 4.31 Å². The van der Waals surface area contributed by atoms with Crippen molar-refractivity contribution >= 4 is 31.7 Å². The van der Waals surface area contributed by atoms with Crippen LogP contribution in [0.1, 0.15) is 39.7 Å². The predicted molar refractivity (Wildman–Crippen MR) is 143 cm³/mol. The van der Waals surface area contributed by atoms with E-state index in [-0.39, 0.29) is 53.7 Å². The third-order valence-corrected chi connectivity index (χ3v) is 10.4. The second-order valence-electron chi connectivity index (χ2n) is 9.88. The van der Waals surface area contributed by atoms with E-state index in [1.165, 1.54) is 22.5 Å². The number of halogens is 4. The molecule has 41 heavy (non-hydrogen) atoms. The number of alkyl halides is 3. The minimum absolute atomic E-state index is 0.0162. The molecular weight excluding hydrogens is 592 g/mol. The van der Waals surface area contributed by atoms with Gasteiger partial charge >= 0.3 is 12.1 Å². The number of carbonyl (C=O) groups is 1. The SMILES string of the molecule is CCN(CC)S(=O)(=O)CC[C@H]1CN(S(=O)(=O)c2ccc(F)cc2)c2cc(CC(=O)OC(C)(C)C(F)(F)F)ccc2O1. The number of sulfonamides is 2. The Hall–Kier alpha value is -2.91. The van der Waals surface area contributed by atoms with Crippen molar-refractivity contribution in [1.29, 1.82) is 0 Å². The number of hydrogen-bond donors (Lipinski definition) is 0. The maximum atomic E-state index is 13.6. The summed E-state index contributed by atoms with van der Waals surface area (Å²) in [5.41, 5.74) is -2.60. The Labute approximate surface area is 237 Å². The molecular formula is C26H32F4N2O7S2. The zero-order chi connectivity index (χ0) is 30.8. The molecule has 0 saturated heterocycles. The summed E-state index contributed by atoms with van der Waals surface area (Å²) >= 11 is 0. The first kappa shape index (κ1) is 32.6. The van der Waals surface area contributed by atoms with Crippen molar-refractivity contribution in [3.05, 3.63) is 53.8 Å². The van der Waals surface area contributed by atoms with E-state index in [0.29, 0.717) is 13.8 Å². The summed E-state index contributed by atoms with van der Waals surface area (Å²) in [6, 6.07) is 8.08. The Morgan fingerprint density at radius 3 is 2.22 bits per heavy atom. The smallest absolute Gasteiger partial charge is 0.427 e. The van der Waals surface area contributed by atoms with E-state index in [2.05, 4.69) is 4.74 Å². The molecule has 15 heteroatoms. The highest BCUT2D eigenvalue weighted by Crippen LogP contribution is 2.39. The maximum Gasteiger partial charge on any atom is 0.427 e. The van der Waals surface area contributed by atoms with Crippen molar-refractivity contribution < 1.29 is 48.7 Å². The first-order valence-corrected chi connectivity index (χ1v) is 15.8. The monoisotopic (exact) mass is 624 g/mol. The highest BCUT2D eigenvalue weighted by atomic mass is 32.2. The molecule has 228 valence electrons. The van der Waals surface area contributed by atoms with Gasteiger partial charge in [-0.3, -0.25) is 9.10 Å². The maximum absolute atomic E-state index is 13.6. The van der Waals surface area contributed by atoms with Crippen LogP contribution in [-0.2, 0) is 36.0 Å². The van der Waals surface area contributed by atoms with Crippen LogP contribution in [0, 0.1) is 5.82 Å². The summed E-state index contributed by atoms with van der Waals surface area (Å²) in [5.74, 6) is -2.09. The first-order chi connectivity index (χ1) is 18.9. The van der Waals surface area contributed by atoms with Gasteiger partial charge in [-0.25, -0.2) is 25.5 Å². The molecule has 2 aromatic carbocycles. The Morgan fingerprint density at radius 2 is 1.66 bits per heavy atom. The minimum atomic E-state index is -4.81. The van der Waals surface area contributed by atoms with Gasteiger partial charge in [-0.05, 0) is 55.8 Å². The summed E-state index contributed by atoms with van der Waals surface area (Å²) in [5, 5.41) is 0. The lowest BCUT2D eigenvalue weighted by Gasteiger charge is -2.36. The number of fused-ring (bicyclic) bond motifs is 1. The summed E-state index contributed by atoms with van der Waals surface area (Å²) in [6.07, 6.45) is -6.33. The average molecular weight is 625 g/mol. The van der Waals surface area contributed by atoms with Crippen LogP contribution in [0.25, 0.3) is 0 Å². The fraction of sp³-hybridized carbons (Fsp3) is 0.500. The van der Waals surface area contributed by atoms with E-state index in [4.69, 9.17) is 4.74 Å². The van der Waals surface area contributed by atoms with Crippen molar-refractivity contribution in [3.63, 3.8) is 0 Å². The van der Waals surface area contributed by atoms with Gasteiger partial charge in [0.1, 0.15) is 17.7 Å². The Kier molecular flexibility index (Phi) is 9.65. The van der Waals surface area contributed by atoms with Crippen molar-refractivity contribution in [2.24, 2.45) is 0 Å². The molecule has 1 heterocycles. The molecule has 9 nitrogen and oxygen atoms in total. The molecule has 0 unspecified atom stereocenters. The Morgan fingerprint density at radius 1 is 1.05 bits per heavy atom. The number of anilines is 1. The predicted octanol–water partition coefficient (Wildman–Crippen LogP) is 4.27. The number of hydrogen-bond acceptors (Lipinski definition) is 7. The molecule has 1 aliphatic heterocycles. The van der Waals surface area contributed by atoms with Crippen LogP contribution in [0.15, 0.2) is 47.4 Å². The van der Waals surface area contributed by atoms with Crippen molar-refractivity contribution in [2.45, 2.75) is 63.3 Å². The van der Waals surface area contributed by atoms with E-state index in [1.807, 2.05) is 0 Å². The largest absolute Gasteiger partial charge is 0.486 e. The quantitative estimate of drug-likeness (QED) is 0.271. The molecule has 1 atom stereocenters. The van der Waals surface area contributed by atoms with Crippen LogP contribution >= 0.6 is 0 Å². The molecule has 0 fully saturated rings. The van der Waals surface area contributed by atoms with Crippen LogP contribution in [0.2, 0.25) is 0 Å². The second-order valence-corrected chi connectivity index (χ2v) is 13.8. The lowest BCUT2D eigenvalue weighted by Crippen LogP contribution is -2.45. The zero-order valence-corrected chi connectivity index (χ0v) is 24.6. The van der Waals surface area contributed by atoms with Crippen molar-refractivity contribution in [2.75, 3.05) is 29.7 Å². The zero-order valence-electron chi connectivity index (χ0n) is 22.9. The van der Waals surface area contributed by atoms with Gasteiger partial charge in [0.25, 0.3) is 10.0 Å². The van der Waals surface area contributed by atoms with E-state index in [0.717, 1.165) is 28.6 Å².